The van der Waals surface area contributed by atoms with Gasteiger partial charge < -0.3 is 14.8 Å². The molecule has 0 bridgehead atoms. The van der Waals surface area contributed by atoms with Crippen LogP contribution in [0.1, 0.15) is 45.7 Å². The Balaban J connectivity index is 1.66. The first-order valence-electron chi connectivity index (χ1n) is 8.39. The van der Waals surface area contributed by atoms with Crippen LogP contribution in [0, 0.1) is 0 Å². The molecule has 2 N–H and O–H groups in total. The van der Waals surface area contributed by atoms with Crippen molar-refractivity contribution in [2.24, 2.45) is 0 Å². The van der Waals surface area contributed by atoms with Crippen molar-refractivity contribution in [2.75, 3.05) is 12.8 Å². The van der Waals surface area contributed by atoms with Crippen LogP contribution in [-0.2, 0) is 5.75 Å². The third-order valence-corrected chi connectivity index (χ3v) is 7.23. The number of hydrogen-bond donors (Lipinski definition) is 2. The van der Waals surface area contributed by atoms with E-state index in [9.17, 15) is 9.59 Å². The molecular formula is C19H21NO4S2. The number of benzene rings is 1. The summed E-state index contributed by atoms with van der Waals surface area (Å²) in [5, 5.41) is 12.2. The molecule has 1 aromatic carbocycles. The van der Waals surface area contributed by atoms with Gasteiger partial charge in [-0.25, -0.2) is 4.79 Å². The quantitative estimate of drug-likeness (QED) is 0.654. The van der Waals surface area contributed by atoms with Gasteiger partial charge in [0.2, 0.25) is 0 Å². The summed E-state index contributed by atoms with van der Waals surface area (Å²) in [6.45, 7) is 0.674. The number of hydrogen-bond acceptors (Lipinski definition) is 5. The third-order valence-electron chi connectivity index (χ3n) is 4.74. The van der Waals surface area contributed by atoms with Crippen molar-refractivity contribution < 1.29 is 19.1 Å². The van der Waals surface area contributed by atoms with Gasteiger partial charge in [0, 0.05) is 16.2 Å². The fourth-order valence-electron chi connectivity index (χ4n) is 2.93. The summed E-state index contributed by atoms with van der Waals surface area (Å²) in [5.74, 6) is -0.351. The van der Waals surface area contributed by atoms with Gasteiger partial charge in [-0.1, -0.05) is 18.6 Å². The summed E-state index contributed by atoms with van der Waals surface area (Å²) < 4.78 is 5.45. The molecule has 1 amide bonds. The highest BCUT2D eigenvalue weighted by atomic mass is 32.2. The lowest BCUT2D eigenvalue weighted by molar-refractivity contribution is 0.0694. The van der Waals surface area contributed by atoms with Crippen molar-refractivity contribution in [1.82, 2.24) is 5.32 Å². The molecule has 1 heterocycles. The molecular weight excluding hydrogens is 370 g/mol. The van der Waals surface area contributed by atoms with Crippen molar-refractivity contribution in [3.05, 3.63) is 53.5 Å². The highest BCUT2D eigenvalue weighted by Gasteiger charge is 2.36. The van der Waals surface area contributed by atoms with E-state index >= 15 is 0 Å². The molecule has 2 aromatic rings. The molecule has 0 atom stereocenters. The third kappa shape index (κ3) is 4.10. The first kappa shape index (κ1) is 18.9. The van der Waals surface area contributed by atoms with Crippen molar-refractivity contribution in [1.29, 1.82) is 0 Å². The van der Waals surface area contributed by atoms with Crippen LogP contribution in [0.25, 0.3) is 0 Å². The monoisotopic (exact) mass is 391 g/mol. The highest BCUT2D eigenvalue weighted by molar-refractivity contribution is 8.00. The molecule has 7 heteroatoms. The molecule has 0 radical (unpaired) electrons. The zero-order chi connectivity index (χ0) is 18.6. The van der Waals surface area contributed by atoms with Crippen molar-refractivity contribution in [3.63, 3.8) is 0 Å². The van der Waals surface area contributed by atoms with Crippen LogP contribution in [0.4, 0.5) is 0 Å². The molecule has 1 saturated carbocycles. The highest BCUT2D eigenvalue weighted by Crippen LogP contribution is 2.42. The van der Waals surface area contributed by atoms with Gasteiger partial charge in [-0.3, -0.25) is 4.79 Å². The molecule has 26 heavy (non-hydrogen) atoms. The first-order valence-corrected chi connectivity index (χ1v) is 10.6. The normalized spacial score (nSPS) is 15.3. The summed E-state index contributed by atoms with van der Waals surface area (Å²) in [6.07, 6.45) is 6.97. The maximum atomic E-state index is 12.7. The Morgan fingerprint density at radius 1 is 1.23 bits per heavy atom. The maximum Gasteiger partial charge on any atom is 0.339 e. The second-order valence-corrected chi connectivity index (χ2v) is 8.56. The van der Waals surface area contributed by atoms with E-state index in [1.807, 2.05) is 30.0 Å². The van der Waals surface area contributed by atoms with Crippen LogP contribution in [0.15, 0.2) is 45.9 Å². The maximum absolute atomic E-state index is 12.7. The lowest BCUT2D eigenvalue weighted by Gasteiger charge is -2.40. The summed E-state index contributed by atoms with van der Waals surface area (Å²) >= 11 is 3.23. The summed E-state index contributed by atoms with van der Waals surface area (Å²) in [6, 6.07) is 8.81. The average molecular weight is 392 g/mol. The van der Waals surface area contributed by atoms with Crippen LogP contribution in [-0.4, -0.2) is 34.5 Å². The van der Waals surface area contributed by atoms with Gasteiger partial charge in [0.25, 0.3) is 5.91 Å². The number of furan rings is 1. The SMILES string of the molecule is CSC1(CNC(=O)c2ccccc2SCc2occc2C(=O)O)CCC1. The van der Waals surface area contributed by atoms with Gasteiger partial charge in [0.15, 0.2) is 0 Å². The average Bonchev–Trinajstić information content (AvgIpc) is 3.08. The van der Waals surface area contributed by atoms with Crippen molar-refractivity contribution in [2.45, 2.75) is 34.7 Å². The Morgan fingerprint density at radius 3 is 2.65 bits per heavy atom. The van der Waals surface area contributed by atoms with E-state index in [4.69, 9.17) is 9.52 Å². The zero-order valence-electron chi connectivity index (χ0n) is 14.5. The van der Waals surface area contributed by atoms with Crippen LogP contribution in [0.2, 0.25) is 0 Å². The smallest absolute Gasteiger partial charge is 0.339 e. The van der Waals surface area contributed by atoms with E-state index in [-0.39, 0.29) is 16.2 Å². The summed E-state index contributed by atoms with van der Waals surface area (Å²) in [4.78, 5) is 24.6. The van der Waals surface area contributed by atoms with Crippen LogP contribution in [0.3, 0.4) is 0 Å². The first-order chi connectivity index (χ1) is 12.5. The Hall–Kier alpha value is -1.86. The Labute approximate surface area is 160 Å². The van der Waals surface area contributed by atoms with E-state index in [1.54, 1.807) is 6.07 Å². The minimum absolute atomic E-state index is 0.0914. The van der Waals surface area contributed by atoms with Gasteiger partial charge >= 0.3 is 5.97 Å². The lowest BCUT2D eigenvalue weighted by atomic mass is 9.84. The topological polar surface area (TPSA) is 79.5 Å². The Bertz CT molecular complexity index is 793. The molecule has 0 unspecified atom stereocenters. The molecule has 0 aliphatic heterocycles. The molecule has 0 spiro atoms. The minimum Gasteiger partial charge on any atom is -0.478 e. The van der Waals surface area contributed by atoms with Gasteiger partial charge in [0.05, 0.1) is 17.6 Å². The van der Waals surface area contributed by atoms with E-state index in [0.29, 0.717) is 23.6 Å². The van der Waals surface area contributed by atoms with E-state index in [2.05, 4.69) is 11.6 Å². The standard InChI is InChI=1S/C19H21NO4S2/c1-25-19(8-4-9-19)12-20-17(21)14-5-2-3-6-16(14)26-11-15-13(18(22)23)7-10-24-15/h2-3,5-7,10H,4,8-9,11-12H2,1H3,(H,20,21)(H,22,23). The van der Waals surface area contributed by atoms with E-state index in [0.717, 1.165) is 17.7 Å². The van der Waals surface area contributed by atoms with Crippen LogP contribution in [0.5, 0.6) is 0 Å². The van der Waals surface area contributed by atoms with Gasteiger partial charge in [-0.15, -0.1) is 11.8 Å². The number of carbonyl (C=O) groups excluding carboxylic acids is 1. The number of rotatable bonds is 8. The number of aromatic carboxylic acids is 1. The number of carboxylic acid groups (broad SMARTS) is 1. The van der Waals surface area contributed by atoms with Gasteiger partial charge in [-0.2, -0.15) is 11.8 Å². The largest absolute Gasteiger partial charge is 0.478 e. The summed E-state index contributed by atoms with van der Waals surface area (Å²) in [5.41, 5.74) is 0.767. The summed E-state index contributed by atoms with van der Waals surface area (Å²) in [7, 11) is 0. The van der Waals surface area contributed by atoms with E-state index < -0.39 is 5.97 Å². The predicted molar refractivity (Wildman–Crippen MR) is 104 cm³/mol. The second-order valence-electron chi connectivity index (χ2n) is 6.27. The van der Waals surface area contributed by atoms with Crippen LogP contribution >= 0.6 is 23.5 Å². The fraction of sp³-hybridized carbons (Fsp3) is 0.368. The fourth-order valence-corrected chi connectivity index (χ4v) is 4.84. The predicted octanol–water partition coefficient (Wildman–Crippen LogP) is 4.29. The van der Waals surface area contributed by atoms with Gasteiger partial charge in [0.1, 0.15) is 11.3 Å². The zero-order valence-corrected chi connectivity index (χ0v) is 16.1. The molecule has 1 aromatic heterocycles. The van der Waals surface area contributed by atoms with Crippen molar-refractivity contribution in [3.8, 4) is 0 Å². The van der Waals surface area contributed by atoms with Gasteiger partial charge in [-0.05, 0) is 37.3 Å². The Kier molecular flexibility index (Phi) is 5.98. The number of carbonyl (C=O) groups is 2. The molecule has 3 rings (SSSR count). The molecule has 0 saturated heterocycles. The number of thioether (sulfide) groups is 2. The molecule has 5 nitrogen and oxygen atoms in total. The number of nitrogens with one attached hydrogen (secondary N) is 1. The van der Waals surface area contributed by atoms with E-state index in [1.165, 1.54) is 30.5 Å². The lowest BCUT2D eigenvalue weighted by Crippen LogP contribution is -2.45. The van der Waals surface area contributed by atoms with Crippen molar-refractivity contribution >= 4 is 35.4 Å². The molecule has 1 aliphatic rings. The molecule has 138 valence electrons. The van der Waals surface area contributed by atoms with Crippen LogP contribution < -0.4 is 5.32 Å². The molecule has 1 fully saturated rings. The number of carboxylic acids is 1. The molecule has 1 aliphatic carbocycles. The number of amides is 1. The minimum atomic E-state index is -1.01. The Morgan fingerprint density at radius 2 is 2.00 bits per heavy atom. The second kappa shape index (κ2) is 8.22.